The first kappa shape index (κ1) is 26.2. The van der Waals surface area contributed by atoms with Crippen molar-refractivity contribution in [2.75, 3.05) is 57.1 Å². The van der Waals surface area contributed by atoms with Crippen molar-refractivity contribution in [3.63, 3.8) is 0 Å². The molecule has 1 aromatic carbocycles. The van der Waals surface area contributed by atoms with Crippen LogP contribution in [0.3, 0.4) is 0 Å². The Morgan fingerprint density at radius 1 is 1.18 bits per heavy atom. The van der Waals surface area contributed by atoms with Gasteiger partial charge in [0, 0.05) is 44.1 Å². The molecular formula is C27H28ClFN8O3. The monoisotopic (exact) mass is 566 g/mol. The summed E-state index contributed by atoms with van der Waals surface area (Å²) in [6, 6.07) is 8.80. The summed E-state index contributed by atoms with van der Waals surface area (Å²) >= 11 is 6.43. The first-order valence-electron chi connectivity index (χ1n) is 12.9. The summed E-state index contributed by atoms with van der Waals surface area (Å²) in [4.78, 5) is 29.6. The van der Waals surface area contributed by atoms with E-state index in [0.717, 1.165) is 5.69 Å². The van der Waals surface area contributed by atoms with Crippen molar-refractivity contribution in [1.29, 1.82) is 0 Å². The number of fused-ring (bicyclic) bond motifs is 3. The Kier molecular flexibility index (Phi) is 7.13. The average molecular weight is 567 g/mol. The molecule has 4 aromatic rings. The van der Waals surface area contributed by atoms with E-state index in [1.807, 2.05) is 23.1 Å². The average Bonchev–Trinajstić information content (AvgIpc) is 3.39. The predicted octanol–water partition coefficient (Wildman–Crippen LogP) is 2.97. The summed E-state index contributed by atoms with van der Waals surface area (Å²) in [6.45, 7) is 2.79. The zero-order chi connectivity index (χ0) is 27.8. The van der Waals surface area contributed by atoms with Crippen molar-refractivity contribution in [1.82, 2.24) is 29.6 Å². The maximum Gasteiger partial charge on any atom is 0.236 e. The highest BCUT2D eigenvalue weighted by atomic mass is 35.5. The van der Waals surface area contributed by atoms with Gasteiger partial charge in [0.25, 0.3) is 0 Å². The Bertz CT molecular complexity index is 1550. The van der Waals surface area contributed by atoms with Crippen molar-refractivity contribution in [3.05, 3.63) is 59.8 Å². The third kappa shape index (κ3) is 5.01. The van der Waals surface area contributed by atoms with Crippen molar-refractivity contribution >= 4 is 40.5 Å². The van der Waals surface area contributed by atoms with Gasteiger partial charge < -0.3 is 29.9 Å². The number of anilines is 3. The van der Waals surface area contributed by atoms with E-state index in [4.69, 9.17) is 21.1 Å². The largest absolute Gasteiger partial charge is 0.494 e. The minimum atomic E-state index is -0.439. The number of ether oxygens (including phenoxy) is 2. The molecule has 2 unspecified atom stereocenters. The number of aromatic nitrogens is 4. The van der Waals surface area contributed by atoms with Crippen LogP contribution in [0.1, 0.15) is 0 Å². The smallest absolute Gasteiger partial charge is 0.236 e. The van der Waals surface area contributed by atoms with Gasteiger partial charge in [-0.15, -0.1) is 0 Å². The van der Waals surface area contributed by atoms with Crippen molar-refractivity contribution < 1.29 is 18.7 Å². The normalized spacial score (nSPS) is 18.7. The number of amides is 1. The van der Waals surface area contributed by atoms with Gasteiger partial charge >= 0.3 is 0 Å². The van der Waals surface area contributed by atoms with Gasteiger partial charge in [-0.2, -0.15) is 0 Å². The van der Waals surface area contributed by atoms with Gasteiger partial charge in [0.1, 0.15) is 11.4 Å². The van der Waals surface area contributed by atoms with Gasteiger partial charge in [0.2, 0.25) is 11.9 Å². The number of imidazole rings is 1. The SMILES string of the molecule is CNCC(=O)N1CC2CN(c3ccc(Nc4ncc(Cl)c(-c5cnc6c(F)cccn56)n4)c(OC)c3)CC(C1)O2. The predicted molar refractivity (Wildman–Crippen MR) is 149 cm³/mol. The molecule has 208 valence electrons. The second-order valence-corrected chi connectivity index (χ2v) is 10.1. The van der Waals surface area contributed by atoms with Gasteiger partial charge in [-0.3, -0.25) is 9.20 Å². The first-order chi connectivity index (χ1) is 19.4. The maximum atomic E-state index is 14.2. The van der Waals surface area contributed by atoms with E-state index in [1.54, 1.807) is 30.8 Å². The van der Waals surface area contributed by atoms with E-state index < -0.39 is 5.82 Å². The van der Waals surface area contributed by atoms with Gasteiger partial charge in [-0.05, 0) is 31.3 Å². The number of nitrogens with zero attached hydrogens (tertiary/aromatic N) is 6. The van der Waals surface area contributed by atoms with Crippen LogP contribution >= 0.6 is 11.6 Å². The highest BCUT2D eigenvalue weighted by Crippen LogP contribution is 2.34. The molecule has 0 radical (unpaired) electrons. The number of halogens is 2. The molecule has 1 amide bonds. The summed E-state index contributed by atoms with van der Waals surface area (Å²) in [7, 11) is 3.37. The van der Waals surface area contributed by atoms with Crippen molar-refractivity contribution in [3.8, 4) is 17.1 Å². The molecule has 0 aliphatic carbocycles. The number of hydrogen-bond acceptors (Lipinski definition) is 9. The van der Waals surface area contributed by atoms with E-state index in [0.29, 0.717) is 66.5 Å². The van der Waals surface area contributed by atoms with Crippen LogP contribution in [0.4, 0.5) is 21.7 Å². The van der Waals surface area contributed by atoms with Gasteiger partial charge in [-0.25, -0.2) is 19.3 Å². The number of pyridine rings is 1. The fourth-order valence-electron chi connectivity index (χ4n) is 5.23. The van der Waals surface area contributed by atoms with E-state index in [9.17, 15) is 9.18 Å². The molecule has 3 aromatic heterocycles. The highest BCUT2D eigenvalue weighted by molar-refractivity contribution is 6.32. The van der Waals surface area contributed by atoms with Gasteiger partial charge in [0.05, 0.1) is 54.7 Å². The molecule has 0 saturated carbocycles. The van der Waals surface area contributed by atoms with Crippen LogP contribution < -0.4 is 20.3 Å². The lowest BCUT2D eigenvalue weighted by Gasteiger charge is -2.46. The highest BCUT2D eigenvalue weighted by Gasteiger charge is 2.36. The lowest BCUT2D eigenvalue weighted by Crippen LogP contribution is -2.61. The van der Waals surface area contributed by atoms with E-state index >= 15 is 0 Å². The zero-order valence-corrected chi connectivity index (χ0v) is 22.7. The van der Waals surface area contributed by atoms with Crippen LogP contribution in [-0.2, 0) is 9.53 Å². The van der Waals surface area contributed by atoms with Crippen LogP contribution in [0.15, 0.2) is 48.9 Å². The van der Waals surface area contributed by atoms with Crippen molar-refractivity contribution in [2.24, 2.45) is 0 Å². The van der Waals surface area contributed by atoms with E-state index in [1.165, 1.54) is 18.5 Å². The summed E-state index contributed by atoms with van der Waals surface area (Å²) in [5, 5.41) is 6.45. The summed E-state index contributed by atoms with van der Waals surface area (Å²) in [6.07, 6.45) is 4.59. The van der Waals surface area contributed by atoms with Crippen molar-refractivity contribution in [2.45, 2.75) is 12.2 Å². The Balaban J connectivity index is 1.21. The topological polar surface area (TPSA) is 109 Å². The molecular weight excluding hydrogens is 539 g/mol. The second-order valence-electron chi connectivity index (χ2n) is 9.71. The molecule has 0 spiro atoms. The second kappa shape index (κ2) is 10.9. The molecule has 2 atom stereocenters. The molecule has 2 fully saturated rings. The number of carbonyl (C=O) groups excluding carboxylic acids is 1. The molecule has 40 heavy (non-hydrogen) atoms. The summed E-state index contributed by atoms with van der Waals surface area (Å²) < 4.78 is 27.6. The molecule has 13 heteroatoms. The third-order valence-electron chi connectivity index (χ3n) is 7.03. The quantitative estimate of drug-likeness (QED) is 0.349. The molecule has 2 N–H and O–H groups in total. The molecule has 2 aliphatic rings. The van der Waals surface area contributed by atoms with Crippen LogP contribution in [0.5, 0.6) is 5.75 Å². The maximum absolute atomic E-state index is 14.2. The van der Waals surface area contributed by atoms with E-state index in [-0.39, 0.29) is 23.8 Å². The molecule has 6 rings (SSSR count). The zero-order valence-electron chi connectivity index (χ0n) is 22.0. The molecule has 2 saturated heterocycles. The summed E-state index contributed by atoms with van der Waals surface area (Å²) in [5.74, 6) is 0.555. The van der Waals surface area contributed by atoms with E-state index in [2.05, 4.69) is 30.5 Å². The molecule has 11 nitrogen and oxygen atoms in total. The van der Waals surface area contributed by atoms with Gasteiger partial charge in [0.15, 0.2) is 11.5 Å². The lowest BCUT2D eigenvalue weighted by molar-refractivity contribution is -0.146. The number of benzene rings is 1. The van der Waals surface area contributed by atoms with Crippen LogP contribution in [0.2, 0.25) is 5.02 Å². The Labute approximate surface area is 234 Å². The Morgan fingerprint density at radius 3 is 2.73 bits per heavy atom. The summed E-state index contributed by atoms with van der Waals surface area (Å²) in [5.41, 5.74) is 2.79. The number of carbonyl (C=O) groups is 1. The fraction of sp³-hybridized carbons (Fsp3) is 0.333. The fourth-order valence-corrected chi connectivity index (χ4v) is 5.42. The molecule has 2 aliphatic heterocycles. The Morgan fingerprint density at radius 2 is 1.98 bits per heavy atom. The van der Waals surface area contributed by atoms with Crippen LogP contribution in [0, 0.1) is 5.82 Å². The lowest BCUT2D eigenvalue weighted by atomic mass is 10.1. The first-order valence-corrected chi connectivity index (χ1v) is 13.2. The van der Waals surface area contributed by atoms with Crippen LogP contribution in [-0.4, -0.2) is 89.2 Å². The number of rotatable bonds is 7. The molecule has 5 heterocycles. The van der Waals surface area contributed by atoms with Crippen LogP contribution in [0.25, 0.3) is 17.0 Å². The Hall–Kier alpha value is -4.00. The number of nitrogens with one attached hydrogen (secondary N) is 2. The number of morpholine rings is 2. The number of likely N-dealkylation sites (N-methyl/N-ethyl adjacent to an activating group) is 1. The minimum Gasteiger partial charge on any atom is -0.494 e. The molecule has 2 bridgehead atoms. The van der Waals surface area contributed by atoms with Gasteiger partial charge in [-0.1, -0.05) is 11.6 Å². The number of hydrogen-bond donors (Lipinski definition) is 2. The minimum absolute atomic E-state index is 0.0638. The number of methoxy groups -OCH3 is 1. The third-order valence-corrected chi connectivity index (χ3v) is 7.31. The standard InChI is InChI=1S/C27H28ClFN8O3/c1-30-11-24(38)36-14-17-12-35(13-18(15-36)40-17)16-5-6-21(23(8-16)39-2)33-27-32-9-19(28)25(34-27)22-10-31-26-20(29)4-3-7-37(22)26/h3-10,17-18,30H,11-15H2,1-2H3,(H,32,33,34).